The van der Waals surface area contributed by atoms with Gasteiger partial charge in [0.2, 0.25) is 0 Å². The van der Waals surface area contributed by atoms with Crippen LogP contribution in [0.4, 0.5) is 0 Å². The van der Waals surface area contributed by atoms with Crippen molar-refractivity contribution in [3.8, 4) is 5.75 Å². The molecular weight excluding hydrogens is 172 g/mol. The van der Waals surface area contributed by atoms with Crippen LogP contribution in [0.25, 0.3) is 0 Å². The van der Waals surface area contributed by atoms with Gasteiger partial charge in [-0.15, -0.1) is 0 Å². The molecule has 0 saturated heterocycles. The summed E-state index contributed by atoms with van der Waals surface area (Å²) in [7, 11) is 0. The van der Waals surface area contributed by atoms with Crippen LogP contribution in [0.3, 0.4) is 0 Å². The summed E-state index contributed by atoms with van der Waals surface area (Å²) in [5, 5.41) is 0. The van der Waals surface area contributed by atoms with Crippen molar-refractivity contribution >= 4 is 0 Å². The van der Waals surface area contributed by atoms with Crippen LogP contribution in [0.1, 0.15) is 40.2 Å². The van der Waals surface area contributed by atoms with E-state index in [-0.39, 0.29) is 5.60 Å². The summed E-state index contributed by atoms with van der Waals surface area (Å²) < 4.78 is 5.78. The zero-order valence-corrected chi connectivity index (χ0v) is 9.72. The molecule has 0 amide bonds. The number of rotatable bonds is 2. The van der Waals surface area contributed by atoms with Crippen LogP contribution in [0, 0.1) is 5.92 Å². The van der Waals surface area contributed by atoms with E-state index < -0.39 is 0 Å². The van der Waals surface area contributed by atoms with Gasteiger partial charge in [0, 0.05) is 0 Å². The lowest BCUT2D eigenvalue weighted by molar-refractivity contribution is 0.131. The van der Waals surface area contributed by atoms with Crippen molar-refractivity contribution in [1.82, 2.24) is 0 Å². The topological polar surface area (TPSA) is 9.23 Å². The minimum atomic E-state index is -0.125. The highest BCUT2D eigenvalue weighted by atomic mass is 16.5. The summed E-state index contributed by atoms with van der Waals surface area (Å²) in [4.78, 5) is 0. The van der Waals surface area contributed by atoms with E-state index in [1.165, 1.54) is 11.5 Å². The summed E-state index contributed by atoms with van der Waals surface area (Å²) in [6, 6.07) is 8.21. The Labute approximate surface area is 87.1 Å². The lowest BCUT2D eigenvalue weighted by Crippen LogP contribution is -2.22. The Morgan fingerprint density at radius 3 is 2.29 bits per heavy atom. The van der Waals surface area contributed by atoms with Gasteiger partial charge >= 0.3 is 0 Å². The molecule has 0 atom stereocenters. The number of benzene rings is 1. The molecular formula is C13H19O. The molecule has 1 rings (SSSR count). The van der Waals surface area contributed by atoms with Gasteiger partial charge in [-0.2, -0.15) is 0 Å². The normalized spacial score (nSPS) is 11.9. The Kier molecular flexibility index (Phi) is 3.20. The molecule has 0 N–H and O–H groups in total. The van der Waals surface area contributed by atoms with Gasteiger partial charge in [-0.1, -0.05) is 26.0 Å². The third kappa shape index (κ3) is 3.41. The van der Waals surface area contributed by atoms with Crippen molar-refractivity contribution in [2.75, 3.05) is 0 Å². The number of ether oxygens (including phenoxy) is 1. The highest BCUT2D eigenvalue weighted by molar-refractivity contribution is 5.35. The van der Waals surface area contributed by atoms with E-state index in [4.69, 9.17) is 4.74 Å². The molecule has 77 valence electrons. The van der Waals surface area contributed by atoms with E-state index in [1.807, 2.05) is 12.1 Å². The molecule has 0 aliphatic rings. The van der Waals surface area contributed by atoms with Crippen molar-refractivity contribution in [2.45, 2.75) is 40.2 Å². The summed E-state index contributed by atoms with van der Waals surface area (Å²) in [6.45, 7) is 10.4. The molecule has 1 aromatic carbocycles. The summed E-state index contributed by atoms with van der Waals surface area (Å²) in [5.74, 6) is 2.25. The molecule has 0 fully saturated rings. The minimum absolute atomic E-state index is 0.125. The molecule has 0 bridgehead atoms. The minimum Gasteiger partial charge on any atom is -0.488 e. The fourth-order valence-corrected chi connectivity index (χ4v) is 1.22. The Balaban J connectivity index is 2.84. The second kappa shape index (κ2) is 4.04. The van der Waals surface area contributed by atoms with E-state index in [0.717, 1.165) is 5.75 Å². The van der Waals surface area contributed by atoms with Crippen LogP contribution in [-0.4, -0.2) is 5.60 Å². The Morgan fingerprint density at radius 1 is 1.14 bits per heavy atom. The molecule has 0 aromatic heterocycles. The van der Waals surface area contributed by atoms with Crippen molar-refractivity contribution in [2.24, 2.45) is 0 Å². The standard InChI is InChI=1S/C13H19O/c1-10(2)11-7-6-8-12(9-11)14-13(3,4)5/h6-9H,1-5H3. The van der Waals surface area contributed by atoms with Gasteiger partial charge in [0.1, 0.15) is 11.4 Å². The molecule has 0 heterocycles. The van der Waals surface area contributed by atoms with Gasteiger partial charge in [-0.25, -0.2) is 0 Å². The van der Waals surface area contributed by atoms with E-state index in [0.29, 0.717) is 0 Å². The van der Waals surface area contributed by atoms with E-state index in [2.05, 4.69) is 46.8 Å². The molecule has 1 radical (unpaired) electrons. The molecule has 14 heavy (non-hydrogen) atoms. The highest BCUT2D eigenvalue weighted by Crippen LogP contribution is 2.22. The average Bonchev–Trinajstić information content (AvgIpc) is 2.01. The van der Waals surface area contributed by atoms with Crippen molar-refractivity contribution in [3.63, 3.8) is 0 Å². The quantitative estimate of drug-likeness (QED) is 0.690. The molecule has 0 aliphatic carbocycles. The average molecular weight is 191 g/mol. The van der Waals surface area contributed by atoms with Gasteiger partial charge in [0.05, 0.1) is 0 Å². The largest absolute Gasteiger partial charge is 0.488 e. The van der Waals surface area contributed by atoms with Crippen molar-refractivity contribution in [3.05, 3.63) is 35.7 Å². The monoisotopic (exact) mass is 191 g/mol. The number of hydrogen-bond acceptors (Lipinski definition) is 1. The van der Waals surface area contributed by atoms with E-state index in [1.54, 1.807) is 0 Å². The van der Waals surface area contributed by atoms with Crippen LogP contribution in [0.15, 0.2) is 24.3 Å². The smallest absolute Gasteiger partial charge is 0.120 e. The van der Waals surface area contributed by atoms with Crippen LogP contribution in [0.2, 0.25) is 0 Å². The third-order valence-electron chi connectivity index (χ3n) is 1.84. The summed E-state index contributed by atoms with van der Waals surface area (Å²) >= 11 is 0. The van der Waals surface area contributed by atoms with Crippen molar-refractivity contribution < 1.29 is 4.74 Å². The van der Waals surface area contributed by atoms with Crippen LogP contribution in [0.5, 0.6) is 5.75 Å². The first-order valence-corrected chi connectivity index (χ1v) is 4.98. The summed E-state index contributed by atoms with van der Waals surface area (Å²) in [6.07, 6.45) is 0. The zero-order valence-electron chi connectivity index (χ0n) is 9.72. The second-order valence-corrected chi connectivity index (χ2v) is 4.74. The van der Waals surface area contributed by atoms with Crippen LogP contribution in [-0.2, 0) is 0 Å². The van der Waals surface area contributed by atoms with Crippen molar-refractivity contribution in [1.29, 1.82) is 0 Å². The number of hydrogen-bond donors (Lipinski definition) is 0. The Hall–Kier alpha value is -0.980. The third-order valence-corrected chi connectivity index (χ3v) is 1.84. The fourth-order valence-electron chi connectivity index (χ4n) is 1.22. The first-order valence-electron chi connectivity index (χ1n) is 4.98. The molecule has 1 aromatic rings. The maximum atomic E-state index is 5.78. The first-order chi connectivity index (χ1) is 6.38. The first kappa shape index (κ1) is 11.1. The predicted octanol–water partition coefficient (Wildman–Crippen LogP) is 3.83. The lowest BCUT2D eigenvalue weighted by atomic mass is 10.0. The van der Waals surface area contributed by atoms with Crippen LogP contribution < -0.4 is 4.74 Å². The maximum absolute atomic E-state index is 5.78. The highest BCUT2D eigenvalue weighted by Gasteiger charge is 2.12. The van der Waals surface area contributed by atoms with Crippen LogP contribution >= 0.6 is 0 Å². The van der Waals surface area contributed by atoms with E-state index >= 15 is 0 Å². The predicted molar refractivity (Wildman–Crippen MR) is 60.5 cm³/mol. The fraction of sp³-hybridized carbons (Fsp3) is 0.462. The zero-order chi connectivity index (χ0) is 10.8. The second-order valence-electron chi connectivity index (χ2n) is 4.74. The van der Waals surface area contributed by atoms with Gasteiger partial charge in [-0.3, -0.25) is 0 Å². The van der Waals surface area contributed by atoms with Gasteiger partial charge < -0.3 is 4.74 Å². The SMILES string of the molecule is C[C](C)c1cccc(OC(C)(C)C)c1. The molecule has 1 heteroatoms. The molecule has 1 nitrogen and oxygen atoms in total. The van der Waals surface area contributed by atoms with E-state index in [9.17, 15) is 0 Å². The maximum Gasteiger partial charge on any atom is 0.120 e. The molecule has 0 aliphatic heterocycles. The lowest BCUT2D eigenvalue weighted by Gasteiger charge is -2.21. The van der Waals surface area contributed by atoms with Gasteiger partial charge in [0.15, 0.2) is 0 Å². The Bertz CT molecular complexity index is 294. The summed E-state index contributed by atoms with van der Waals surface area (Å²) in [5.41, 5.74) is 1.12. The molecule has 0 unspecified atom stereocenters. The van der Waals surface area contributed by atoms with Gasteiger partial charge in [0.25, 0.3) is 0 Å². The van der Waals surface area contributed by atoms with Gasteiger partial charge in [-0.05, 0) is 44.4 Å². The molecule has 0 spiro atoms. The Morgan fingerprint density at radius 2 is 1.79 bits per heavy atom. The molecule has 0 saturated carbocycles.